The van der Waals surface area contributed by atoms with Crippen LogP contribution in [0.5, 0.6) is 0 Å². The van der Waals surface area contributed by atoms with Gasteiger partial charge in [-0.3, -0.25) is 5.32 Å². The zero-order valence-corrected chi connectivity index (χ0v) is 21.1. The van der Waals surface area contributed by atoms with Crippen molar-refractivity contribution in [3.8, 4) is 23.0 Å². The molecular weight excluding hydrogens is 547 g/mol. The number of nitrogens with two attached hydrogens (primary N) is 1. The van der Waals surface area contributed by atoms with E-state index in [4.69, 9.17) is 5.73 Å². The molecule has 2 fully saturated rings. The van der Waals surface area contributed by atoms with Gasteiger partial charge in [-0.25, -0.2) is 22.9 Å². The number of carbonyl (C=O) groups excluding carboxylic acids is 1. The van der Waals surface area contributed by atoms with Crippen LogP contribution in [-0.4, -0.2) is 31.8 Å². The lowest BCUT2D eigenvalue weighted by Gasteiger charge is -2.16. The molecule has 210 valence electrons. The summed E-state index contributed by atoms with van der Waals surface area (Å²) in [6.07, 6.45) is -3.11. The summed E-state index contributed by atoms with van der Waals surface area (Å²) < 4.78 is 72.5. The second kappa shape index (κ2) is 9.33. The van der Waals surface area contributed by atoms with Crippen molar-refractivity contribution in [1.82, 2.24) is 19.6 Å². The maximum absolute atomic E-state index is 15.1. The molecule has 2 aromatic carbocycles. The second-order valence-corrected chi connectivity index (χ2v) is 10.1. The predicted octanol–water partition coefficient (Wildman–Crippen LogP) is 6.04. The Morgan fingerprint density at radius 1 is 1.05 bits per heavy atom. The van der Waals surface area contributed by atoms with E-state index in [0.29, 0.717) is 0 Å². The molecule has 6 rings (SSSR count). The number of anilines is 3. The lowest BCUT2D eigenvalue weighted by molar-refractivity contribution is -0.161. The number of rotatable bonds is 6. The third kappa shape index (κ3) is 4.62. The number of hydrogen-bond acceptors (Lipinski definition) is 5. The number of aromatic nitrogens is 4. The number of hydrogen-bond donors (Lipinski definition) is 3. The molecule has 4 aromatic rings. The normalized spacial score (nSPS) is 15.8. The lowest BCUT2D eigenvalue weighted by Crippen LogP contribution is -2.29. The Hall–Kier alpha value is -4.93. The number of urea groups is 1. The van der Waals surface area contributed by atoms with Crippen molar-refractivity contribution in [2.45, 2.75) is 43.3 Å². The van der Waals surface area contributed by atoms with Crippen molar-refractivity contribution in [1.29, 1.82) is 5.26 Å². The number of alkyl halides is 3. The molecule has 2 aliphatic carbocycles. The summed E-state index contributed by atoms with van der Waals surface area (Å²) in [7, 11) is 0. The minimum atomic E-state index is -4.55. The van der Waals surface area contributed by atoms with E-state index >= 15 is 4.39 Å². The van der Waals surface area contributed by atoms with Crippen molar-refractivity contribution >= 4 is 23.4 Å². The maximum Gasteiger partial charge on any atom is 0.400 e. The molecule has 4 N–H and O–H groups in total. The summed E-state index contributed by atoms with van der Waals surface area (Å²) in [5, 5.41) is 22.8. The molecule has 9 nitrogen and oxygen atoms in total. The van der Waals surface area contributed by atoms with Crippen molar-refractivity contribution in [3.63, 3.8) is 0 Å². The fourth-order valence-electron chi connectivity index (χ4n) is 4.68. The highest BCUT2D eigenvalue weighted by Crippen LogP contribution is 2.58. The SMILES string of the molecule is N#Cc1c(-c2ccc(NC(=O)Nc3cc(C4(C(F)(F)F)CC4)nn3-c3ccc(F)cc3)c(F)c2)nn(C2CC2)c1N. The number of benzene rings is 2. The van der Waals surface area contributed by atoms with E-state index in [1.165, 1.54) is 24.3 Å². The summed E-state index contributed by atoms with van der Waals surface area (Å²) in [5.41, 5.74) is 4.20. The van der Waals surface area contributed by atoms with Gasteiger partial charge in [-0.15, -0.1) is 0 Å². The first-order valence-electron chi connectivity index (χ1n) is 12.6. The molecule has 0 spiro atoms. The van der Waals surface area contributed by atoms with Crippen LogP contribution < -0.4 is 16.4 Å². The standard InChI is InChI=1S/C27H21F5N8O/c28-15-2-4-16(5-3-15)39-22(12-21(37-39)26(9-10-26)27(30,31)32)36-25(41)35-20-8-1-14(11-19(20)29)23-18(13-33)24(34)40(38-23)17-6-7-17/h1-5,8,11-12,17H,6-7,9-10,34H2,(H2,35,36,41). The summed E-state index contributed by atoms with van der Waals surface area (Å²) in [5.74, 6) is -1.34. The Morgan fingerprint density at radius 3 is 2.34 bits per heavy atom. The van der Waals surface area contributed by atoms with Crippen molar-refractivity contribution in [2.24, 2.45) is 0 Å². The Kier molecular flexibility index (Phi) is 5.98. The van der Waals surface area contributed by atoms with E-state index < -0.39 is 29.3 Å². The first-order chi connectivity index (χ1) is 19.5. The van der Waals surface area contributed by atoms with Gasteiger partial charge >= 0.3 is 12.2 Å². The summed E-state index contributed by atoms with van der Waals surface area (Å²) in [4.78, 5) is 12.8. The molecule has 0 bridgehead atoms. The van der Waals surface area contributed by atoms with Crippen LogP contribution >= 0.6 is 0 Å². The minimum Gasteiger partial charge on any atom is -0.383 e. The topological polar surface area (TPSA) is 127 Å². The lowest BCUT2D eigenvalue weighted by atomic mass is 10.0. The Labute approximate surface area is 229 Å². The molecule has 14 heteroatoms. The molecule has 0 atom stereocenters. The Bertz CT molecular complexity index is 1710. The smallest absolute Gasteiger partial charge is 0.383 e. The van der Waals surface area contributed by atoms with E-state index in [1.807, 2.05) is 6.07 Å². The van der Waals surface area contributed by atoms with E-state index in [1.54, 1.807) is 4.68 Å². The molecule has 2 heterocycles. The molecule has 2 aliphatic rings. The average Bonchev–Trinajstić information content (AvgIpc) is 3.85. The predicted molar refractivity (Wildman–Crippen MR) is 138 cm³/mol. The third-order valence-corrected chi connectivity index (χ3v) is 7.25. The van der Waals surface area contributed by atoms with Crippen molar-refractivity contribution in [3.05, 3.63) is 71.4 Å². The van der Waals surface area contributed by atoms with Gasteiger partial charge in [0, 0.05) is 11.6 Å². The maximum atomic E-state index is 15.1. The van der Waals surface area contributed by atoms with Crippen LogP contribution in [0, 0.1) is 23.0 Å². The van der Waals surface area contributed by atoms with E-state index in [2.05, 4.69) is 20.8 Å². The molecular formula is C27H21F5N8O. The monoisotopic (exact) mass is 568 g/mol. The van der Waals surface area contributed by atoms with Crippen LogP contribution in [0.1, 0.15) is 43.0 Å². The first kappa shape index (κ1) is 26.3. The number of nitriles is 1. The zero-order valence-electron chi connectivity index (χ0n) is 21.1. The van der Waals surface area contributed by atoms with Crippen molar-refractivity contribution in [2.75, 3.05) is 16.4 Å². The molecule has 0 aliphatic heterocycles. The van der Waals surface area contributed by atoms with Gasteiger partial charge < -0.3 is 11.1 Å². The molecule has 2 saturated carbocycles. The van der Waals surface area contributed by atoms with E-state index in [0.717, 1.165) is 41.8 Å². The van der Waals surface area contributed by atoms with Crippen LogP contribution in [0.15, 0.2) is 48.5 Å². The number of amides is 2. The second-order valence-electron chi connectivity index (χ2n) is 10.1. The van der Waals surface area contributed by atoms with Crippen LogP contribution in [0.3, 0.4) is 0 Å². The number of nitrogens with zero attached hydrogens (tertiary/aromatic N) is 5. The summed E-state index contributed by atoms with van der Waals surface area (Å²) >= 11 is 0. The average molecular weight is 569 g/mol. The molecule has 2 amide bonds. The number of carbonyl (C=O) groups is 1. The highest BCUT2D eigenvalue weighted by Gasteiger charge is 2.66. The van der Waals surface area contributed by atoms with Gasteiger partial charge in [-0.05, 0) is 62.1 Å². The van der Waals surface area contributed by atoms with Crippen LogP contribution in [0.25, 0.3) is 16.9 Å². The van der Waals surface area contributed by atoms with Gasteiger partial charge in [-0.2, -0.15) is 28.6 Å². The highest BCUT2D eigenvalue weighted by molar-refractivity contribution is 5.99. The number of nitrogen functional groups attached to an aromatic ring is 1. The van der Waals surface area contributed by atoms with Crippen LogP contribution in [0.4, 0.5) is 44.1 Å². The van der Waals surface area contributed by atoms with E-state index in [-0.39, 0.29) is 64.4 Å². The molecule has 41 heavy (non-hydrogen) atoms. The van der Waals surface area contributed by atoms with Gasteiger partial charge in [-0.1, -0.05) is 6.07 Å². The number of halogens is 5. The van der Waals surface area contributed by atoms with Gasteiger partial charge in [0.15, 0.2) is 0 Å². The minimum absolute atomic E-state index is 0.0973. The molecule has 0 saturated heterocycles. The molecule has 0 unspecified atom stereocenters. The van der Waals surface area contributed by atoms with Crippen LogP contribution in [0.2, 0.25) is 0 Å². The summed E-state index contributed by atoms with van der Waals surface area (Å²) in [6.45, 7) is 0. The van der Waals surface area contributed by atoms with Gasteiger partial charge in [0.25, 0.3) is 0 Å². The van der Waals surface area contributed by atoms with Gasteiger partial charge in [0.1, 0.15) is 46.0 Å². The summed E-state index contributed by atoms with van der Waals surface area (Å²) in [6, 6.07) is 10.9. The van der Waals surface area contributed by atoms with E-state index in [9.17, 15) is 27.6 Å². The Balaban J connectivity index is 1.26. The zero-order chi connectivity index (χ0) is 29.1. The van der Waals surface area contributed by atoms with Gasteiger partial charge in [0.2, 0.25) is 0 Å². The fourth-order valence-corrected chi connectivity index (χ4v) is 4.68. The quantitative estimate of drug-likeness (QED) is 0.245. The fraction of sp³-hybridized carbons (Fsp3) is 0.259. The molecule has 0 radical (unpaired) electrons. The molecule has 2 aromatic heterocycles. The number of nitrogens with one attached hydrogen (secondary N) is 2. The first-order valence-corrected chi connectivity index (χ1v) is 12.6. The largest absolute Gasteiger partial charge is 0.400 e. The third-order valence-electron chi connectivity index (χ3n) is 7.25. The Morgan fingerprint density at radius 2 is 1.76 bits per heavy atom. The highest BCUT2D eigenvalue weighted by atomic mass is 19.4. The van der Waals surface area contributed by atoms with Crippen molar-refractivity contribution < 1.29 is 26.7 Å². The van der Waals surface area contributed by atoms with Gasteiger partial charge in [0.05, 0.1) is 23.1 Å². The van der Waals surface area contributed by atoms with Crippen LogP contribution in [-0.2, 0) is 5.41 Å².